The molecule has 3 aromatic rings. The summed E-state index contributed by atoms with van der Waals surface area (Å²) in [5, 5.41) is 12.6. The third-order valence-electron chi connectivity index (χ3n) is 11.9. The molecule has 0 aromatic heterocycles. The number of anilines is 2. The minimum atomic E-state index is -6.08. The number of halogens is 5. The van der Waals surface area contributed by atoms with E-state index >= 15 is 0 Å². The summed E-state index contributed by atoms with van der Waals surface area (Å²) in [6.07, 6.45) is 0.263. The van der Waals surface area contributed by atoms with Crippen LogP contribution in [0.1, 0.15) is 62.7 Å². The fourth-order valence-corrected chi connectivity index (χ4v) is 11.2. The summed E-state index contributed by atoms with van der Waals surface area (Å²) >= 11 is 1.40. The van der Waals surface area contributed by atoms with Gasteiger partial charge >= 0.3 is 5.51 Å². The van der Waals surface area contributed by atoms with Gasteiger partial charge in [0.2, 0.25) is 6.43 Å². The first-order chi connectivity index (χ1) is 30.1. The molecular formula is C45H56F5N5O6S3. The molecular weight excluding hydrogens is 898 g/mol. The Kier molecular flexibility index (Phi) is 16.0. The predicted molar refractivity (Wildman–Crippen MR) is 240 cm³/mol. The molecule has 1 amide bonds. The zero-order chi connectivity index (χ0) is 46.5. The Morgan fingerprint density at radius 2 is 1.61 bits per heavy atom. The SMILES string of the molecule is C=C(CCC(F)F)C1=C(CN2CCN(c3ccc(C(=O)NS(=O)(=O)c4ccc(N[C@H](CCN5CC(O)C5)CSc5ccccc5)c(S(=O)(=O)C(F)(F)F)c4)cc3)CC2)CCC(C)(C)C1. The molecule has 2 saturated heterocycles. The van der Waals surface area contributed by atoms with Crippen LogP contribution in [0.15, 0.2) is 111 Å². The fourth-order valence-electron chi connectivity index (χ4n) is 8.14. The van der Waals surface area contributed by atoms with Crippen LogP contribution in [0.25, 0.3) is 0 Å². The normalized spacial score (nSPS) is 18.5. The third kappa shape index (κ3) is 12.9. The maximum Gasteiger partial charge on any atom is 0.501 e. The van der Waals surface area contributed by atoms with Gasteiger partial charge in [-0.05, 0) is 97.7 Å². The lowest BCUT2D eigenvalue weighted by Crippen LogP contribution is -2.51. The number of sulfonamides is 1. The van der Waals surface area contributed by atoms with Crippen molar-refractivity contribution in [1.82, 2.24) is 14.5 Å². The van der Waals surface area contributed by atoms with Gasteiger partial charge < -0.3 is 15.3 Å². The molecule has 64 heavy (non-hydrogen) atoms. The number of likely N-dealkylation sites (tertiary alicyclic amines) is 1. The number of rotatable bonds is 19. The third-order valence-corrected chi connectivity index (χ3v) is 16.0. The summed E-state index contributed by atoms with van der Waals surface area (Å²) < 4.78 is 123. The quantitative estimate of drug-likeness (QED) is 0.0797. The number of carbonyl (C=O) groups excluding carboxylic acids is 1. The monoisotopic (exact) mass is 953 g/mol. The Bertz CT molecular complexity index is 2370. The van der Waals surface area contributed by atoms with Crippen molar-refractivity contribution < 1.29 is 48.7 Å². The number of allylic oxidation sites excluding steroid dienone is 2. The van der Waals surface area contributed by atoms with Gasteiger partial charge in [0.15, 0.2) is 0 Å². The summed E-state index contributed by atoms with van der Waals surface area (Å²) in [7, 11) is -11.0. The molecule has 3 aromatic carbocycles. The van der Waals surface area contributed by atoms with Gasteiger partial charge in [0, 0.05) is 86.7 Å². The van der Waals surface area contributed by atoms with Gasteiger partial charge in [0.1, 0.15) is 4.90 Å². The lowest BCUT2D eigenvalue weighted by Gasteiger charge is -2.39. The molecule has 1 aliphatic carbocycles. The first-order valence-corrected chi connectivity index (χ1v) is 25.2. The van der Waals surface area contributed by atoms with Crippen LogP contribution >= 0.6 is 11.8 Å². The molecule has 0 radical (unpaired) electrons. The number of piperazine rings is 1. The van der Waals surface area contributed by atoms with E-state index in [4.69, 9.17) is 0 Å². The Balaban J connectivity index is 1.11. The molecule has 1 atom stereocenters. The summed E-state index contributed by atoms with van der Waals surface area (Å²) in [4.78, 5) is 18.4. The van der Waals surface area contributed by atoms with E-state index in [-0.39, 0.29) is 23.8 Å². The summed E-state index contributed by atoms with van der Waals surface area (Å²) in [6, 6.07) is 17.1. The van der Waals surface area contributed by atoms with Gasteiger partial charge in [-0.25, -0.2) is 30.3 Å². The Morgan fingerprint density at radius 3 is 2.23 bits per heavy atom. The lowest BCUT2D eigenvalue weighted by molar-refractivity contribution is -0.0436. The van der Waals surface area contributed by atoms with Gasteiger partial charge in [0.05, 0.1) is 16.7 Å². The van der Waals surface area contributed by atoms with Gasteiger partial charge in [0.25, 0.3) is 25.8 Å². The summed E-state index contributed by atoms with van der Waals surface area (Å²) in [5.74, 6) is -0.747. The van der Waals surface area contributed by atoms with Crippen molar-refractivity contribution in [3.8, 4) is 0 Å². The van der Waals surface area contributed by atoms with Gasteiger partial charge in [-0.3, -0.25) is 14.6 Å². The maximum absolute atomic E-state index is 14.1. The zero-order valence-corrected chi connectivity index (χ0v) is 38.4. The van der Waals surface area contributed by atoms with Crippen molar-refractivity contribution in [2.24, 2.45) is 5.41 Å². The molecule has 3 aliphatic rings. The summed E-state index contributed by atoms with van der Waals surface area (Å²) in [5.41, 5.74) is -2.26. The Labute approximate surface area is 377 Å². The molecule has 6 rings (SSSR count). The van der Waals surface area contributed by atoms with Crippen molar-refractivity contribution in [2.75, 3.05) is 68.3 Å². The molecule has 11 nitrogen and oxygen atoms in total. The highest BCUT2D eigenvalue weighted by Gasteiger charge is 2.48. The first kappa shape index (κ1) is 49.4. The van der Waals surface area contributed by atoms with Gasteiger partial charge in [-0.1, -0.05) is 49.8 Å². The van der Waals surface area contributed by atoms with Gasteiger partial charge in [-0.2, -0.15) is 13.2 Å². The van der Waals surface area contributed by atoms with Crippen LogP contribution in [0, 0.1) is 5.41 Å². The molecule has 0 spiro atoms. The fraction of sp³-hybridized carbons (Fsp3) is 0.489. The number of carbonyl (C=O) groups is 1. The van der Waals surface area contributed by atoms with E-state index in [1.165, 1.54) is 29.5 Å². The topological polar surface area (TPSA) is 139 Å². The van der Waals surface area contributed by atoms with E-state index in [0.29, 0.717) is 51.0 Å². The van der Waals surface area contributed by atoms with Crippen LogP contribution in [0.2, 0.25) is 0 Å². The van der Waals surface area contributed by atoms with Crippen molar-refractivity contribution in [3.63, 3.8) is 0 Å². The number of sulfone groups is 1. The molecule has 2 heterocycles. The number of β-amino-alcohol motifs (C(OH)–C–C–N with tert-alkyl or cyclic N) is 1. The molecule has 3 N–H and O–H groups in total. The average Bonchev–Trinajstić information content (AvgIpc) is 3.23. The highest BCUT2D eigenvalue weighted by Crippen LogP contribution is 2.43. The van der Waals surface area contributed by atoms with Crippen molar-refractivity contribution in [3.05, 3.63) is 102 Å². The molecule has 350 valence electrons. The standard InChI is InChI=1S/C45H56F5N5O6S3/c1-31(9-16-42(46)47)39-26-44(2,3)19-17-33(39)27-53-21-23-55(24-22-53)35-12-10-32(11-13-35)43(57)52-64(60,61)38-14-15-40(41(25-38)63(58,59)45(48,49)50)51-34(18-20-54-28-36(56)29-54)30-62-37-7-5-4-6-8-37/h4-8,10-15,25,34,36,42,51,56H,1,9,16-24,26-30H2,2-3H3,(H,52,57)/t34-/m1/s1. The van der Waals surface area contributed by atoms with E-state index in [9.17, 15) is 48.7 Å². The second-order valence-electron chi connectivity index (χ2n) is 17.5. The zero-order valence-electron chi connectivity index (χ0n) is 35.9. The number of hydrogen-bond donors (Lipinski definition) is 3. The van der Waals surface area contributed by atoms with Crippen LogP contribution in [-0.4, -0.2) is 120 Å². The minimum absolute atomic E-state index is 0.0485. The molecule has 0 saturated carbocycles. The van der Waals surface area contributed by atoms with E-state index in [2.05, 4.69) is 35.5 Å². The molecule has 2 fully saturated rings. The lowest BCUT2D eigenvalue weighted by atomic mass is 9.72. The molecule has 19 heteroatoms. The number of alkyl halides is 5. The van der Waals surface area contributed by atoms with Crippen LogP contribution in [0.4, 0.5) is 33.3 Å². The number of aliphatic hydroxyl groups is 1. The highest BCUT2D eigenvalue weighted by molar-refractivity contribution is 7.99. The molecule has 2 aliphatic heterocycles. The number of aliphatic hydroxyl groups excluding tert-OH is 1. The maximum atomic E-state index is 14.1. The predicted octanol–water partition coefficient (Wildman–Crippen LogP) is 7.97. The van der Waals surface area contributed by atoms with E-state index in [1.807, 2.05) is 40.0 Å². The number of thioether (sulfide) groups is 1. The van der Waals surface area contributed by atoms with Crippen molar-refractivity contribution in [2.45, 2.75) is 91.1 Å². The Morgan fingerprint density at radius 1 is 0.938 bits per heavy atom. The van der Waals surface area contributed by atoms with Crippen molar-refractivity contribution in [1.29, 1.82) is 0 Å². The second-order valence-corrected chi connectivity index (χ2v) is 22.2. The van der Waals surface area contributed by atoms with E-state index in [0.717, 1.165) is 72.8 Å². The van der Waals surface area contributed by atoms with Crippen LogP contribution in [-0.2, 0) is 19.9 Å². The van der Waals surface area contributed by atoms with Crippen LogP contribution in [0.3, 0.4) is 0 Å². The first-order valence-electron chi connectivity index (χ1n) is 21.2. The Hall–Kier alpha value is -4.01. The molecule has 0 unspecified atom stereocenters. The number of hydrogen-bond acceptors (Lipinski definition) is 11. The van der Waals surface area contributed by atoms with E-state index < -0.39 is 65.3 Å². The average molecular weight is 954 g/mol. The smallest absolute Gasteiger partial charge is 0.390 e. The summed E-state index contributed by atoms with van der Waals surface area (Å²) in [6.45, 7) is 13.4. The van der Waals surface area contributed by atoms with Crippen molar-refractivity contribution >= 4 is 48.9 Å². The number of nitrogens with one attached hydrogen (secondary N) is 2. The van der Waals surface area contributed by atoms with Gasteiger partial charge in [-0.15, -0.1) is 11.8 Å². The highest BCUT2D eigenvalue weighted by atomic mass is 32.2. The number of nitrogens with zero attached hydrogens (tertiary/aromatic N) is 3. The van der Waals surface area contributed by atoms with E-state index in [1.54, 1.807) is 12.1 Å². The second kappa shape index (κ2) is 20.7. The minimum Gasteiger partial charge on any atom is -0.390 e. The number of amides is 1. The number of benzene rings is 3. The van der Waals surface area contributed by atoms with Crippen LogP contribution in [0.5, 0.6) is 0 Å². The van der Waals surface area contributed by atoms with Crippen LogP contribution < -0.4 is 14.9 Å². The molecule has 0 bridgehead atoms. The largest absolute Gasteiger partial charge is 0.501 e.